The van der Waals surface area contributed by atoms with Crippen molar-refractivity contribution in [2.75, 3.05) is 6.61 Å². The molecule has 4 heteroatoms. The first kappa shape index (κ1) is 21.4. The minimum absolute atomic E-state index is 0.106. The summed E-state index contributed by atoms with van der Waals surface area (Å²) >= 11 is 0. The number of nitrogens with one attached hydrogen (secondary N) is 1. The molecular weight excluding hydrogens is 362 g/mol. The van der Waals surface area contributed by atoms with Gasteiger partial charge in [0.05, 0.1) is 6.61 Å². The summed E-state index contributed by atoms with van der Waals surface area (Å²) in [6.07, 6.45) is 4.21. The molecule has 3 rings (SSSR count). The summed E-state index contributed by atoms with van der Waals surface area (Å²) < 4.78 is 5.40. The standard InChI is InChI=1S/C25H33NO3/c1-6-7-8-13-29-24(28)23-16(2)22-20(26-23)14-18(15-21(22)27)17-9-11-19(12-10-17)25(3,4)5/h9-12,18,26H,6-8,13-15H2,1-5H3. The molecule has 0 spiro atoms. The highest BCUT2D eigenvalue weighted by Crippen LogP contribution is 2.36. The molecular formula is C25H33NO3. The van der Waals surface area contributed by atoms with E-state index in [4.69, 9.17) is 4.74 Å². The van der Waals surface area contributed by atoms with E-state index in [1.54, 1.807) is 0 Å². The summed E-state index contributed by atoms with van der Waals surface area (Å²) in [4.78, 5) is 28.6. The normalized spacial score (nSPS) is 16.6. The summed E-state index contributed by atoms with van der Waals surface area (Å²) in [6.45, 7) is 11.0. The average Bonchev–Trinajstić information content (AvgIpc) is 3.01. The highest BCUT2D eigenvalue weighted by molar-refractivity contribution is 6.03. The second kappa shape index (κ2) is 8.56. The maximum Gasteiger partial charge on any atom is 0.355 e. The molecule has 1 aromatic heterocycles. The lowest BCUT2D eigenvalue weighted by Gasteiger charge is -2.24. The molecule has 1 aliphatic rings. The molecule has 0 saturated heterocycles. The fourth-order valence-corrected chi connectivity index (χ4v) is 4.12. The van der Waals surface area contributed by atoms with Crippen LogP contribution in [0.25, 0.3) is 0 Å². The number of benzene rings is 1. The van der Waals surface area contributed by atoms with E-state index < -0.39 is 0 Å². The second-order valence-corrected chi connectivity index (χ2v) is 9.22. The van der Waals surface area contributed by atoms with Crippen molar-refractivity contribution in [1.29, 1.82) is 0 Å². The van der Waals surface area contributed by atoms with Crippen LogP contribution in [0.4, 0.5) is 0 Å². The third kappa shape index (κ3) is 4.63. The first-order valence-corrected chi connectivity index (χ1v) is 10.7. The molecule has 1 aliphatic carbocycles. The lowest BCUT2D eigenvalue weighted by molar-refractivity contribution is 0.0491. The molecule has 1 aromatic carbocycles. The van der Waals surface area contributed by atoms with Crippen LogP contribution in [-0.4, -0.2) is 23.3 Å². The number of H-pyrrole nitrogens is 1. The van der Waals surface area contributed by atoms with E-state index in [0.717, 1.165) is 36.9 Å². The summed E-state index contributed by atoms with van der Waals surface area (Å²) in [5.74, 6) is -0.114. The molecule has 0 fully saturated rings. The predicted molar refractivity (Wildman–Crippen MR) is 116 cm³/mol. The minimum Gasteiger partial charge on any atom is -0.461 e. The van der Waals surface area contributed by atoms with Gasteiger partial charge in [0.1, 0.15) is 5.69 Å². The maximum atomic E-state index is 12.9. The van der Waals surface area contributed by atoms with Crippen molar-refractivity contribution in [3.8, 4) is 0 Å². The van der Waals surface area contributed by atoms with Gasteiger partial charge >= 0.3 is 5.97 Å². The molecule has 0 saturated carbocycles. The van der Waals surface area contributed by atoms with Crippen LogP contribution in [0.1, 0.15) is 103 Å². The van der Waals surface area contributed by atoms with Crippen LogP contribution < -0.4 is 0 Å². The average molecular weight is 396 g/mol. The van der Waals surface area contributed by atoms with Gasteiger partial charge in [0.2, 0.25) is 0 Å². The van der Waals surface area contributed by atoms with Crippen molar-refractivity contribution in [2.24, 2.45) is 0 Å². The van der Waals surface area contributed by atoms with Gasteiger partial charge in [0, 0.05) is 17.7 Å². The van der Waals surface area contributed by atoms with Crippen LogP contribution in [0.15, 0.2) is 24.3 Å². The number of Topliss-reactive ketones (excluding diaryl/α,β-unsaturated/α-hetero) is 1. The summed E-state index contributed by atoms with van der Waals surface area (Å²) in [7, 11) is 0. The van der Waals surface area contributed by atoms with Gasteiger partial charge in [-0.15, -0.1) is 0 Å². The SMILES string of the molecule is CCCCCOC(=O)c1[nH]c2c(c1C)C(=O)CC(c1ccc(C(C)(C)C)cc1)C2. The van der Waals surface area contributed by atoms with E-state index in [0.29, 0.717) is 24.3 Å². The Morgan fingerprint density at radius 3 is 2.45 bits per heavy atom. The van der Waals surface area contributed by atoms with Gasteiger partial charge in [-0.1, -0.05) is 64.8 Å². The van der Waals surface area contributed by atoms with Crippen LogP contribution in [-0.2, 0) is 16.6 Å². The number of carbonyl (C=O) groups excluding carboxylic acids is 2. The van der Waals surface area contributed by atoms with E-state index >= 15 is 0 Å². The van der Waals surface area contributed by atoms with Gasteiger partial charge in [-0.2, -0.15) is 0 Å². The molecule has 2 aromatic rings. The summed E-state index contributed by atoms with van der Waals surface area (Å²) in [5, 5.41) is 0. The van der Waals surface area contributed by atoms with Crippen LogP contribution >= 0.6 is 0 Å². The van der Waals surface area contributed by atoms with E-state index in [-0.39, 0.29) is 23.1 Å². The lowest BCUT2D eigenvalue weighted by Crippen LogP contribution is -2.19. The molecule has 156 valence electrons. The largest absolute Gasteiger partial charge is 0.461 e. The molecule has 0 aliphatic heterocycles. The fraction of sp³-hybridized carbons (Fsp3) is 0.520. The van der Waals surface area contributed by atoms with Crippen LogP contribution in [0.2, 0.25) is 0 Å². The number of carbonyl (C=O) groups is 2. The number of rotatable bonds is 6. The number of hydrogen-bond acceptors (Lipinski definition) is 3. The van der Waals surface area contributed by atoms with Crippen molar-refractivity contribution in [2.45, 2.75) is 78.1 Å². The summed E-state index contributed by atoms with van der Waals surface area (Å²) in [6, 6.07) is 8.60. The molecule has 29 heavy (non-hydrogen) atoms. The number of ketones is 1. The van der Waals surface area contributed by atoms with Gasteiger partial charge in [-0.3, -0.25) is 4.79 Å². The lowest BCUT2D eigenvalue weighted by atomic mass is 9.80. The van der Waals surface area contributed by atoms with Gasteiger partial charge in [-0.05, 0) is 47.8 Å². The molecule has 0 bridgehead atoms. The molecule has 1 heterocycles. The molecule has 1 unspecified atom stereocenters. The summed E-state index contributed by atoms with van der Waals surface area (Å²) in [5.41, 5.74) is 5.28. The third-order valence-electron chi connectivity index (χ3n) is 5.92. The Hall–Kier alpha value is -2.36. The van der Waals surface area contributed by atoms with Crippen LogP contribution in [0.3, 0.4) is 0 Å². The van der Waals surface area contributed by atoms with E-state index in [1.807, 2.05) is 6.92 Å². The number of aromatic nitrogens is 1. The maximum absolute atomic E-state index is 12.9. The van der Waals surface area contributed by atoms with Crippen LogP contribution in [0.5, 0.6) is 0 Å². The quantitative estimate of drug-likeness (QED) is 0.491. The van der Waals surface area contributed by atoms with Gasteiger partial charge in [0.15, 0.2) is 5.78 Å². The van der Waals surface area contributed by atoms with Crippen molar-refractivity contribution >= 4 is 11.8 Å². The highest BCUT2D eigenvalue weighted by Gasteiger charge is 2.32. The Labute approximate surface area is 174 Å². The Balaban J connectivity index is 1.78. The number of hydrogen-bond donors (Lipinski definition) is 1. The topological polar surface area (TPSA) is 59.2 Å². The van der Waals surface area contributed by atoms with E-state index in [1.165, 1.54) is 11.1 Å². The van der Waals surface area contributed by atoms with Crippen LogP contribution in [0, 0.1) is 6.92 Å². The molecule has 1 atom stereocenters. The zero-order valence-corrected chi connectivity index (χ0v) is 18.4. The molecule has 4 nitrogen and oxygen atoms in total. The minimum atomic E-state index is -0.355. The zero-order valence-electron chi connectivity index (χ0n) is 18.4. The Morgan fingerprint density at radius 2 is 1.83 bits per heavy atom. The molecule has 0 amide bonds. The highest BCUT2D eigenvalue weighted by atomic mass is 16.5. The fourth-order valence-electron chi connectivity index (χ4n) is 4.12. The predicted octanol–water partition coefficient (Wildman–Crippen LogP) is 5.88. The molecule has 0 radical (unpaired) electrons. The second-order valence-electron chi connectivity index (χ2n) is 9.22. The first-order valence-electron chi connectivity index (χ1n) is 10.7. The Kier molecular flexibility index (Phi) is 6.30. The van der Waals surface area contributed by atoms with Crippen molar-refractivity contribution in [3.05, 3.63) is 57.9 Å². The first-order chi connectivity index (χ1) is 13.7. The van der Waals surface area contributed by atoms with Crippen molar-refractivity contribution < 1.29 is 14.3 Å². The number of unbranched alkanes of at least 4 members (excludes halogenated alkanes) is 2. The molecule has 1 N–H and O–H groups in total. The Morgan fingerprint density at radius 1 is 1.14 bits per heavy atom. The van der Waals surface area contributed by atoms with Crippen molar-refractivity contribution in [3.63, 3.8) is 0 Å². The number of fused-ring (bicyclic) bond motifs is 1. The zero-order chi connectivity index (χ0) is 21.2. The van der Waals surface area contributed by atoms with Gasteiger partial charge in [-0.25, -0.2) is 4.79 Å². The van der Waals surface area contributed by atoms with E-state index in [2.05, 4.69) is 56.9 Å². The van der Waals surface area contributed by atoms with Gasteiger partial charge < -0.3 is 9.72 Å². The Bertz CT molecular complexity index is 884. The number of esters is 1. The number of aromatic amines is 1. The van der Waals surface area contributed by atoms with E-state index in [9.17, 15) is 9.59 Å². The van der Waals surface area contributed by atoms with Gasteiger partial charge in [0.25, 0.3) is 0 Å². The smallest absolute Gasteiger partial charge is 0.355 e. The number of ether oxygens (including phenoxy) is 1. The monoisotopic (exact) mass is 395 g/mol. The third-order valence-corrected chi connectivity index (χ3v) is 5.92. The van der Waals surface area contributed by atoms with Crippen molar-refractivity contribution in [1.82, 2.24) is 4.98 Å².